The predicted octanol–water partition coefficient (Wildman–Crippen LogP) is 8.33. The monoisotopic (exact) mass is 484 g/mol. The van der Waals surface area contributed by atoms with Gasteiger partial charge in [0.2, 0.25) is 0 Å². The van der Waals surface area contributed by atoms with Gasteiger partial charge in [0.05, 0.1) is 6.10 Å². The Morgan fingerprint density at radius 1 is 1.20 bits per heavy atom. The minimum atomic E-state index is -0.240. The lowest BCUT2D eigenvalue weighted by atomic mass is 9.60. The summed E-state index contributed by atoms with van der Waals surface area (Å²) in [5, 5.41) is 10.2. The fourth-order valence-corrected chi connectivity index (χ4v) is 7.38. The van der Waals surface area contributed by atoms with Crippen LogP contribution in [0.2, 0.25) is 0 Å². The number of carbonyl (C=O) groups is 1. The molecule has 0 aromatic rings. The molecule has 0 aromatic heterocycles. The summed E-state index contributed by atoms with van der Waals surface area (Å²) >= 11 is 0. The quantitative estimate of drug-likeness (QED) is 0.317. The maximum Gasteiger partial charge on any atom is 0.306 e. The van der Waals surface area contributed by atoms with Crippen LogP contribution in [0.3, 0.4) is 0 Å². The predicted molar refractivity (Wildman–Crippen MR) is 146 cm³/mol. The van der Waals surface area contributed by atoms with Crippen molar-refractivity contribution in [2.75, 3.05) is 0 Å². The second-order valence-electron chi connectivity index (χ2n) is 12.5. The van der Waals surface area contributed by atoms with E-state index in [2.05, 4.69) is 53.3 Å². The Bertz CT molecular complexity index is 791. The first-order valence-corrected chi connectivity index (χ1v) is 14.6. The molecule has 0 radical (unpaired) electrons. The maximum atomic E-state index is 12.7. The van der Waals surface area contributed by atoms with Gasteiger partial charge in [-0.05, 0) is 80.1 Å². The average molecular weight is 485 g/mol. The van der Waals surface area contributed by atoms with Gasteiger partial charge < -0.3 is 9.84 Å². The lowest BCUT2D eigenvalue weighted by Crippen LogP contribution is -2.39. The van der Waals surface area contributed by atoms with Gasteiger partial charge in [-0.15, -0.1) is 0 Å². The zero-order valence-corrected chi connectivity index (χ0v) is 23.3. The van der Waals surface area contributed by atoms with Crippen molar-refractivity contribution >= 4 is 5.97 Å². The Morgan fingerprint density at radius 2 is 1.97 bits per heavy atom. The number of carbonyl (C=O) groups excluding carboxylic acids is 1. The summed E-state index contributed by atoms with van der Waals surface area (Å²) in [6.07, 6.45) is 17.6. The first-order chi connectivity index (χ1) is 16.7. The summed E-state index contributed by atoms with van der Waals surface area (Å²) in [6.45, 7) is 15.9. The highest BCUT2D eigenvalue weighted by Gasteiger charge is 2.56. The number of allylic oxidation sites excluding steroid dienone is 4. The highest BCUT2D eigenvalue weighted by Crippen LogP contribution is 2.60. The molecule has 6 atom stereocenters. The molecule has 0 bridgehead atoms. The van der Waals surface area contributed by atoms with Crippen LogP contribution in [0, 0.1) is 29.1 Å². The lowest BCUT2D eigenvalue weighted by Gasteiger charge is -2.44. The minimum absolute atomic E-state index is 0.00128. The zero-order chi connectivity index (χ0) is 25.6. The molecule has 3 fully saturated rings. The number of esters is 1. The maximum absolute atomic E-state index is 12.7. The molecule has 3 saturated carbocycles. The van der Waals surface area contributed by atoms with E-state index in [9.17, 15) is 9.90 Å². The Labute approximate surface area is 215 Å². The third kappa shape index (κ3) is 7.12. The molecule has 3 heteroatoms. The van der Waals surface area contributed by atoms with Crippen molar-refractivity contribution in [3.8, 4) is 0 Å². The highest BCUT2D eigenvalue weighted by molar-refractivity contribution is 5.69. The summed E-state index contributed by atoms with van der Waals surface area (Å²) < 4.78 is 6.28. The number of unbranched alkanes of at least 4 members (excludes halogenated alkanes) is 1. The number of aliphatic hydroxyl groups excluding tert-OH is 1. The van der Waals surface area contributed by atoms with Crippen LogP contribution in [0.15, 0.2) is 35.5 Å². The van der Waals surface area contributed by atoms with Crippen molar-refractivity contribution in [1.82, 2.24) is 0 Å². The summed E-state index contributed by atoms with van der Waals surface area (Å²) in [5.74, 6) is 2.18. The summed E-state index contributed by atoms with van der Waals surface area (Å²) in [7, 11) is 0. The molecule has 0 saturated heterocycles. The molecule has 3 nitrogen and oxygen atoms in total. The van der Waals surface area contributed by atoms with Crippen molar-refractivity contribution in [2.24, 2.45) is 29.1 Å². The van der Waals surface area contributed by atoms with Crippen molar-refractivity contribution < 1.29 is 14.6 Å². The fourth-order valence-electron chi connectivity index (χ4n) is 7.38. The molecular formula is C32H52O3. The van der Waals surface area contributed by atoms with Crippen LogP contribution in [0.1, 0.15) is 118 Å². The van der Waals surface area contributed by atoms with E-state index >= 15 is 0 Å². The van der Waals surface area contributed by atoms with Gasteiger partial charge in [-0.3, -0.25) is 4.79 Å². The molecule has 3 aliphatic carbocycles. The van der Waals surface area contributed by atoms with E-state index < -0.39 is 0 Å². The van der Waals surface area contributed by atoms with Crippen LogP contribution < -0.4 is 0 Å². The van der Waals surface area contributed by atoms with Gasteiger partial charge in [0, 0.05) is 12.3 Å². The zero-order valence-electron chi connectivity index (χ0n) is 23.3. The molecule has 0 heterocycles. The second kappa shape index (κ2) is 12.7. The SMILES string of the molecule is C=C1CC[C@H](O)C/C1=C\C=C1/CCC[C@@]2(C)[C@@H]([C@H](C)CCCC(C)C)C(OC(=O)CCCC)C[C@@H]12. The van der Waals surface area contributed by atoms with Crippen LogP contribution >= 0.6 is 0 Å². The number of fused-ring (bicyclic) bond motifs is 1. The molecule has 3 rings (SSSR count). The number of hydrogen-bond donors (Lipinski definition) is 1. The van der Waals surface area contributed by atoms with Gasteiger partial charge in [-0.1, -0.05) is 90.2 Å². The summed E-state index contributed by atoms with van der Waals surface area (Å²) in [4.78, 5) is 12.7. The lowest BCUT2D eigenvalue weighted by molar-refractivity contribution is -0.153. The van der Waals surface area contributed by atoms with Gasteiger partial charge in [0.1, 0.15) is 6.10 Å². The third-order valence-electron chi connectivity index (χ3n) is 9.31. The van der Waals surface area contributed by atoms with Crippen LogP contribution in [-0.4, -0.2) is 23.3 Å². The molecule has 0 spiro atoms. The van der Waals surface area contributed by atoms with Gasteiger partial charge >= 0.3 is 5.97 Å². The van der Waals surface area contributed by atoms with Crippen molar-refractivity contribution in [3.05, 3.63) is 35.5 Å². The van der Waals surface area contributed by atoms with E-state index in [0.29, 0.717) is 24.2 Å². The van der Waals surface area contributed by atoms with E-state index in [-0.39, 0.29) is 23.6 Å². The number of rotatable bonds is 10. The number of ether oxygens (including phenoxy) is 1. The van der Waals surface area contributed by atoms with Crippen LogP contribution in [0.5, 0.6) is 0 Å². The fraction of sp³-hybridized carbons (Fsp3) is 0.781. The molecule has 198 valence electrons. The highest BCUT2D eigenvalue weighted by atomic mass is 16.5. The topological polar surface area (TPSA) is 46.5 Å². The van der Waals surface area contributed by atoms with Gasteiger partial charge in [-0.25, -0.2) is 0 Å². The Morgan fingerprint density at radius 3 is 2.69 bits per heavy atom. The molecule has 35 heavy (non-hydrogen) atoms. The smallest absolute Gasteiger partial charge is 0.306 e. The molecular weight excluding hydrogens is 432 g/mol. The van der Waals surface area contributed by atoms with Gasteiger partial charge in [0.25, 0.3) is 0 Å². The van der Waals surface area contributed by atoms with E-state index in [0.717, 1.165) is 50.9 Å². The van der Waals surface area contributed by atoms with Crippen molar-refractivity contribution in [1.29, 1.82) is 0 Å². The van der Waals surface area contributed by atoms with Crippen LogP contribution in [0.25, 0.3) is 0 Å². The van der Waals surface area contributed by atoms with E-state index in [1.165, 1.54) is 48.8 Å². The number of hydrogen-bond acceptors (Lipinski definition) is 3. The minimum Gasteiger partial charge on any atom is -0.462 e. The average Bonchev–Trinajstić information content (AvgIpc) is 3.09. The van der Waals surface area contributed by atoms with E-state index in [4.69, 9.17) is 4.74 Å². The summed E-state index contributed by atoms with van der Waals surface area (Å²) in [5.41, 5.74) is 4.09. The molecule has 0 aliphatic heterocycles. The first kappa shape index (κ1) is 28.2. The normalized spacial score (nSPS) is 34.4. The second-order valence-corrected chi connectivity index (χ2v) is 12.5. The van der Waals surface area contributed by atoms with Crippen LogP contribution in [-0.2, 0) is 9.53 Å². The van der Waals surface area contributed by atoms with E-state index in [1.54, 1.807) is 0 Å². The Balaban J connectivity index is 1.84. The summed E-state index contributed by atoms with van der Waals surface area (Å²) in [6, 6.07) is 0. The first-order valence-electron chi connectivity index (χ1n) is 14.6. The van der Waals surface area contributed by atoms with E-state index in [1.807, 2.05) is 0 Å². The largest absolute Gasteiger partial charge is 0.462 e. The van der Waals surface area contributed by atoms with Gasteiger partial charge in [-0.2, -0.15) is 0 Å². The molecule has 0 amide bonds. The van der Waals surface area contributed by atoms with Crippen molar-refractivity contribution in [3.63, 3.8) is 0 Å². The molecule has 1 N–H and O–H groups in total. The number of aliphatic hydroxyl groups is 1. The standard InChI is InChI=1S/C32H52O3/c1-7-8-14-30(34)35-29-21-28-25(16-17-26-20-27(33)18-15-23(26)4)13-10-19-32(28,6)31(29)24(5)12-9-11-22(2)3/h16-17,22,24,27-29,31,33H,4,7-15,18-21H2,1-3,5-6H3/b25-16+,26-17+/t24-,27+,28+,29?,31+,32-/m1/s1. The molecule has 1 unspecified atom stereocenters. The van der Waals surface area contributed by atoms with Crippen LogP contribution in [0.4, 0.5) is 0 Å². The van der Waals surface area contributed by atoms with Crippen molar-refractivity contribution in [2.45, 2.75) is 130 Å². The molecule has 3 aliphatic rings. The van der Waals surface area contributed by atoms with Gasteiger partial charge in [0.15, 0.2) is 0 Å². The molecule has 0 aromatic carbocycles. The third-order valence-corrected chi connectivity index (χ3v) is 9.31. The Kier molecular flexibility index (Phi) is 10.3. The Hall–Kier alpha value is -1.35.